The minimum atomic E-state index is 0.427. The Bertz CT molecular complexity index is 406. The van der Waals surface area contributed by atoms with E-state index < -0.39 is 0 Å². The van der Waals surface area contributed by atoms with E-state index in [0.29, 0.717) is 6.04 Å². The summed E-state index contributed by atoms with van der Waals surface area (Å²) < 4.78 is 5.64. The van der Waals surface area contributed by atoms with E-state index in [1.807, 2.05) is 0 Å². The average Bonchev–Trinajstić information content (AvgIpc) is 2.58. The van der Waals surface area contributed by atoms with Crippen molar-refractivity contribution in [2.75, 3.05) is 6.61 Å². The van der Waals surface area contributed by atoms with Crippen LogP contribution in [0.15, 0.2) is 24.3 Å². The number of benzene rings is 1. The van der Waals surface area contributed by atoms with E-state index in [-0.39, 0.29) is 0 Å². The lowest BCUT2D eigenvalue weighted by Crippen LogP contribution is -2.32. The Morgan fingerprint density at radius 3 is 2.36 bits per heavy atom. The van der Waals surface area contributed by atoms with Crippen molar-refractivity contribution in [3.63, 3.8) is 0 Å². The number of nitrogens with two attached hydrogens (primary N) is 1. The van der Waals surface area contributed by atoms with Crippen molar-refractivity contribution in [3.8, 4) is 5.75 Å². The highest BCUT2D eigenvalue weighted by molar-refractivity contribution is 5.27. The van der Waals surface area contributed by atoms with E-state index in [1.165, 1.54) is 44.1 Å². The third-order valence-electron chi connectivity index (χ3n) is 5.21. The van der Waals surface area contributed by atoms with Crippen molar-refractivity contribution in [2.24, 2.45) is 17.6 Å². The Kier molecular flexibility index (Phi) is 7.24. The van der Waals surface area contributed by atoms with Gasteiger partial charge in [0.05, 0.1) is 6.61 Å². The molecule has 1 unspecified atom stereocenters. The average molecular weight is 303 g/mol. The summed E-state index contributed by atoms with van der Waals surface area (Å²) in [6.07, 6.45) is 10.1. The zero-order valence-corrected chi connectivity index (χ0v) is 14.4. The first-order valence-electron chi connectivity index (χ1n) is 9.20. The van der Waals surface area contributed by atoms with Gasteiger partial charge in [-0.15, -0.1) is 0 Å². The molecular formula is C20H33NO. The molecule has 1 aliphatic carbocycles. The Hall–Kier alpha value is -1.02. The van der Waals surface area contributed by atoms with Crippen LogP contribution in [0.5, 0.6) is 5.75 Å². The van der Waals surface area contributed by atoms with Gasteiger partial charge in [-0.3, -0.25) is 0 Å². The molecule has 1 saturated carbocycles. The molecular weight excluding hydrogens is 270 g/mol. The zero-order valence-electron chi connectivity index (χ0n) is 14.4. The van der Waals surface area contributed by atoms with Crippen molar-refractivity contribution in [2.45, 2.75) is 71.3 Å². The third kappa shape index (κ3) is 5.31. The van der Waals surface area contributed by atoms with Gasteiger partial charge in [0.15, 0.2) is 0 Å². The topological polar surface area (TPSA) is 35.2 Å². The van der Waals surface area contributed by atoms with Crippen LogP contribution < -0.4 is 10.5 Å². The molecule has 0 heterocycles. The summed E-state index contributed by atoms with van der Waals surface area (Å²) in [5.41, 5.74) is 7.64. The molecule has 2 N–H and O–H groups in total. The number of rotatable bonds is 8. The van der Waals surface area contributed by atoms with Gasteiger partial charge in [0.25, 0.3) is 0 Å². The van der Waals surface area contributed by atoms with Crippen molar-refractivity contribution < 1.29 is 4.74 Å². The predicted octanol–water partition coefficient (Wildman–Crippen LogP) is 4.95. The van der Waals surface area contributed by atoms with Crippen LogP contribution in [-0.4, -0.2) is 12.6 Å². The molecule has 22 heavy (non-hydrogen) atoms. The molecule has 1 aromatic rings. The summed E-state index contributed by atoms with van der Waals surface area (Å²) in [6, 6.07) is 9.11. The summed E-state index contributed by atoms with van der Waals surface area (Å²) in [7, 11) is 0. The maximum atomic E-state index is 6.20. The Balaban J connectivity index is 1.70. The van der Waals surface area contributed by atoms with Gasteiger partial charge >= 0.3 is 0 Å². The minimum absolute atomic E-state index is 0.427. The number of hydrogen-bond acceptors (Lipinski definition) is 2. The molecule has 1 aliphatic rings. The van der Waals surface area contributed by atoms with Gasteiger partial charge in [0.1, 0.15) is 5.75 Å². The molecule has 0 spiro atoms. The smallest absolute Gasteiger partial charge is 0.119 e. The molecule has 1 aromatic carbocycles. The van der Waals surface area contributed by atoms with Crippen LogP contribution in [0, 0.1) is 11.8 Å². The van der Waals surface area contributed by atoms with E-state index in [2.05, 4.69) is 38.1 Å². The first kappa shape index (κ1) is 17.3. The van der Waals surface area contributed by atoms with Gasteiger partial charge in [-0.2, -0.15) is 0 Å². The summed E-state index contributed by atoms with van der Waals surface area (Å²) in [5.74, 6) is 2.67. The van der Waals surface area contributed by atoms with Crippen LogP contribution in [0.2, 0.25) is 0 Å². The maximum Gasteiger partial charge on any atom is 0.119 e. The van der Waals surface area contributed by atoms with Gasteiger partial charge in [-0.05, 0) is 68.1 Å². The molecule has 1 atom stereocenters. The van der Waals surface area contributed by atoms with Crippen molar-refractivity contribution in [3.05, 3.63) is 29.8 Å². The van der Waals surface area contributed by atoms with E-state index in [4.69, 9.17) is 10.5 Å². The SMILES string of the molecule is CCCOc1ccc(CCC2CCC(C(N)CC)CC2)cc1. The standard InChI is InChI=1S/C20H33NO/c1-3-15-22-19-13-9-17(10-14-19)6-5-16-7-11-18(12-8-16)20(21)4-2/h9-10,13-14,16,18,20H,3-8,11-12,15,21H2,1-2H3. The molecule has 0 aromatic heterocycles. The largest absolute Gasteiger partial charge is 0.494 e. The van der Waals surface area contributed by atoms with E-state index in [0.717, 1.165) is 37.0 Å². The number of aryl methyl sites for hydroxylation is 1. The lowest BCUT2D eigenvalue weighted by atomic mass is 9.76. The minimum Gasteiger partial charge on any atom is -0.494 e. The van der Waals surface area contributed by atoms with Crippen LogP contribution >= 0.6 is 0 Å². The molecule has 2 heteroatoms. The van der Waals surface area contributed by atoms with Crippen LogP contribution in [0.1, 0.15) is 64.4 Å². The first-order chi connectivity index (χ1) is 10.7. The van der Waals surface area contributed by atoms with Crippen molar-refractivity contribution in [1.29, 1.82) is 0 Å². The highest BCUT2D eigenvalue weighted by atomic mass is 16.5. The molecule has 2 rings (SSSR count). The normalized spacial score (nSPS) is 23.2. The second-order valence-electron chi connectivity index (χ2n) is 6.88. The molecule has 0 saturated heterocycles. The Labute approximate surface area is 136 Å². The summed E-state index contributed by atoms with van der Waals surface area (Å²) in [6.45, 7) is 5.16. The molecule has 0 bridgehead atoms. The predicted molar refractivity (Wildman–Crippen MR) is 94.3 cm³/mol. The first-order valence-corrected chi connectivity index (χ1v) is 9.20. The fourth-order valence-electron chi connectivity index (χ4n) is 3.58. The fourth-order valence-corrected chi connectivity index (χ4v) is 3.58. The second kappa shape index (κ2) is 9.19. The lowest BCUT2D eigenvalue weighted by molar-refractivity contribution is 0.232. The number of hydrogen-bond donors (Lipinski definition) is 1. The monoisotopic (exact) mass is 303 g/mol. The van der Waals surface area contributed by atoms with Crippen molar-refractivity contribution >= 4 is 0 Å². The van der Waals surface area contributed by atoms with Crippen LogP contribution in [0.4, 0.5) is 0 Å². The van der Waals surface area contributed by atoms with Crippen LogP contribution in [-0.2, 0) is 6.42 Å². The van der Waals surface area contributed by atoms with Gasteiger partial charge in [0, 0.05) is 6.04 Å². The Morgan fingerprint density at radius 1 is 1.09 bits per heavy atom. The quantitative estimate of drug-likeness (QED) is 0.737. The Morgan fingerprint density at radius 2 is 1.77 bits per heavy atom. The molecule has 0 aliphatic heterocycles. The van der Waals surface area contributed by atoms with Crippen LogP contribution in [0.25, 0.3) is 0 Å². The summed E-state index contributed by atoms with van der Waals surface area (Å²) in [4.78, 5) is 0. The van der Waals surface area contributed by atoms with Gasteiger partial charge < -0.3 is 10.5 Å². The second-order valence-corrected chi connectivity index (χ2v) is 6.88. The molecule has 2 nitrogen and oxygen atoms in total. The highest BCUT2D eigenvalue weighted by Crippen LogP contribution is 2.33. The maximum absolute atomic E-state index is 6.20. The summed E-state index contributed by atoms with van der Waals surface area (Å²) >= 11 is 0. The van der Waals surface area contributed by atoms with Gasteiger partial charge in [-0.1, -0.05) is 38.8 Å². The van der Waals surface area contributed by atoms with Crippen LogP contribution in [0.3, 0.4) is 0 Å². The molecule has 0 radical (unpaired) electrons. The lowest BCUT2D eigenvalue weighted by Gasteiger charge is -2.31. The van der Waals surface area contributed by atoms with E-state index in [1.54, 1.807) is 0 Å². The molecule has 1 fully saturated rings. The fraction of sp³-hybridized carbons (Fsp3) is 0.700. The van der Waals surface area contributed by atoms with Gasteiger partial charge in [-0.25, -0.2) is 0 Å². The summed E-state index contributed by atoms with van der Waals surface area (Å²) in [5, 5.41) is 0. The van der Waals surface area contributed by atoms with E-state index in [9.17, 15) is 0 Å². The van der Waals surface area contributed by atoms with E-state index >= 15 is 0 Å². The third-order valence-corrected chi connectivity index (χ3v) is 5.21. The number of ether oxygens (including phenoxy) is 1. The molecule has 0 amide bonds. The zero-order chi connectivity index (χ0) is 15.8. The van der Waals surface area contributed by atoms with Gasteiger partial charge in [0.2, 0.25) is 0 Å². The highest BCUT2D eigenvalue weighted by Gasteiger charge is 2.24. The van der Waals surface area contributed by atoms with Crippen molar-refractivity contribution in [1.82, 2.24) is 0 Å². The molecule has 124 valence electrons.